The van der Waals surface area contributed by atoms with Gasteiger partial charge in [-0.15, -0.1) is 11.3 Å². The number of ether oxygens (including phenoxy) is 1. The van der Waals surface area contributed by atoms with Gasteiger partial charge in [0.1, 0.15) is 12.4 Å². The molecule has 0 radical (unpaired) electrons. The van der Waals surface area contributed by atoms with Crippen LogP contribution in [0.15, 0.2) is 35.2 Å². The number of hydrogen-bond acceptors (Lipinski definition) is 4. The molecule has 0 unspecified atom stereocenters. The summed E-state index contributed by atoms with van der Waals surface area (Å²) in [5.74, 6) is 1.12. The smallest absolute Gasteiger partial charge is 0.319 e. The fourth-order valence-corrected chi connectivity index (χ4v) is 2.14. The summed E-state index contributed by atoms with van der Waals surface area (Å²) in [4.78, 5) is 15.9. The van der Waals surface area contributed by atoms with Gasteiger partial charge in [0.05, 0.1) is 11.2 Å². The first-order valence-electron chi connectivity index (χ1n) is 6.78. The van der Waals surface area contributed by atoms with Crippen LogP contribution in [0, 0.1) is 5.92 Å². The van der Waals surface area contributed by atoms with E-state index in [4.69, 9.17) is 4.74 Å². The highest BCUT2D eigenvalue weighted by Crippen LogP contribution is 2.18. The molecule has 1 aromatic heterocycles. The Bertz CT molecular complexity index is 570. The monoisotopic (exact) mass is 305 g/mol. The van der Waals surface area contributed by atoms with Crippen molar-refractivity contribution < 1.29 is 9.53 Å². The molecule has 6 heteroatoms. The SMILES string of the molecule is CC(C)CNC(=O)Nc1cccc(OCc2cscn2)c1. The molecule has 1 heterocycles. The molecule has 0 spiro atoms. The maximum atomic E-state index is 11.7. The number of thiazole rings is 1. The summed E-state index contributed by atoms with van der Waals surface area (Å²) in [6, 6.07) is 7.10. The molecule has 5 nitrogen and oxygen atoms in total. The Hall–Kier alpha value is -2.08. The first-order chi connectivity index (χ1) is 10.1. The van der Waals surface area contributed by atoms with Gasteiger partial charge in [0, 0.05) is 23.7 Å². The van der Waals surface area contributed by atoms with Gasteiger partial charge < -0.3 is 15.4 Å². The molecule has 0 atom stereocenters. The number of nitrogens with zero attached hydrogens (tertiary/aromatic N) is 1. The summed E-state index contributed by atoms with van der Waals surface area (Å²) < 4.78 is 5.64. The molecule has 2 rings (SSSR count). The van der Waals surface area contributed by atoms with E-state index in [-0.39, 0.29) is 6.03 Å². The summed E-state index contributed by atoms with van der Waals surface area (Å²) >= 11 is 1.54. The number of carbonyl (C=O) groups is 1. The van der Waals surface area contributed by atoms with E-state index < -0.39 is 0 Å². The lowest BCUT2D eigenvalue weighted by Crippen LogP contribution is -2.31. The lowest BCUT2D eigenvalue weighted by atomic mass is 10.2. The Balaban J connectivity index is 1.86. The van der Waals surface area contributed by atoms with E-state index in [1.54, 1.807) is 11.6 Å². The van der Waals surface area contributed by atoms with Crippen molar-refractivity contribution in [1.29, 1.82) is 0 Å². The van der Waals surface area contributed by atoms with E-state index in [0.717, 1.165) is 5.69 Å². The third-order valence-electron chi connectivity index (χ3n) is 2.63. The molecule has 2 amide bonds. The Morgan fingerprint density at radius 1 is 1.43 bits per heavy atom. The van der Waals surface area contributed by atoms with Crippen molar-refractivity contribution in [3.05, 3.63) is 40.8 Å². The first-order valence-corrected chi connectivity index (χ1v) is 7.72. The van der Waals surface area contributed by atoms with Gasteiger partial charge in [0.25, 0.3) is 0 Å². The zero-order valence-corrected chi connectivity index (χ0v) is 12.9. The average molecular weight is 305 g/mol. The van der Waals surface area contributed by atoms with Crippen LogP contribution < -0.4 is 15.4 Å². The molecule has 0 bridgehead atoms. The second-order valence-corrected chi connectivity index (χ2v) is 5.74. The van der Waals surface area contributed by atoms with Crippen LogP contribution in [0.3, 0.4) is 0 Å². The molecule has 112 valence electrons. The Morgan fingerprint density at radius 3 is 3.00 bits per heavy atom. The number of amides is 2. The highest BCUT2D eigenvalue weighted by atomic mass is 32.1. The van der Waals surface area contributed by atoms with Gasteiger partial charge >= 0.3 is 6.03 Å². The molecule has 0 aliphatic heterocycles. The summed E-state index contributed by atoms with van der Waals surface area (Å²) in [5.41, 5.74) is 3.37. The van der Waals surface area contributed by atoms with Crippen molar-refractivity contribution >= 4 is 23.1 Å². The molecule has 1 aromatic carbocycles. The summed E-state index contributed by atoms with van der Waals surface area (Å²) in [6.45, 7) is 5.17. The Morgan fingerprint density at radius 2 is 2.29 bits per heavy atom. The minimum absolute atomic E-state index is 0.208. The number of benzene rings is 1. The van der Waals surface area contributed by atoms with Crippen LogP contribution in [0.4, 0.5) is 10.5 Å². The van der Waals surface area contributed by atoms with Crippen molar-refractivity contribution in [3.63, 3.8) is 0 Å². The summed E-state index contributed by atoms with van der Waals surface area (Å²) in [6.07, 6.45) is 0. The highest BCUT2D eigenvalue weighted by Gasteiger charge is 2.04. The molecule has 0 aliphatic carbocycles. The fourth-order valence-electron chi connectivity index (χ4n) is 1.60. The summed E-state index contributed by atoms with van der Waals surface area (Å²) in [5, 5.41) is 7.54. The number of anilines is 1. The van der Waals surface area contributed by atoms with Crippen LogP contribution in [0.5, 0.6) is 5.75 Å². The molecule has 0 fully saturated rings. The quantitative estimate of drug-likeness (QED) is 0.858. The predicted molar refractivity (Wildman–Crippen MR) is 84.7 cm³/mol. The number of aromatic nitrogens is 1. The molecule has 2 N–H and O–H groups in total. The third kappa shape index (κ3) is 5.43. The van der Waals surface area contributed by atoms with E-state index in [1.165, 1.54) is 11.3 Å². The van der Waals surface area contributed by atoms with Crippen LogP contribution in [0.25, 0.3) is 0 Å². The highest BCUT2D eigenvalue weighted by molar-refractivity contribution is 7.07. The van der Waals surface area contributed by atoms with Crippen LogP contribution in [-0.4, -0.2) is 17.6 Å². The maximum Gasteiger partial charge on any atom is 0.319 e. The second-order valence-electron chi connectivity index (χ2n) is 5.03. The van der Waals surface area contributed by atoms with E-state index in [0.29, 0.717) is 30.5 Å². The molecular weight excluding hydrogens is 286 g/mol. The lowest BCUT2D eigenvalue weighted by molar-refractivity contribution is 0.251. The number of nitrogens with one attached hydrogen (secondary N) is 2. The lowest BCUT2D eigenvalue weighted by Gasteiger charge is -2.10. The standard InChI is InChI=1S/C15H19N3O2S/c1-11(2)7-16-15(19)18-12-4-3-5-14(6-12)20-8-13-9-21-10-17-13/h3-6,9-11H,7-8H2,1-2H3,(H2,16,18,19). The average Bonchev–Trinajstić information content (AvgIpc) is 2.97. The van der Waals surface area contributed by atoms with Crippen molar-refractivity contribution in [2.45, 2.75) is 20.5 Å². The van der Waals surface area contributed by atoms with E-state index in [2.05, 4.69) is 15.6 Å². The van der Waals surface area contributed by atoms with Gasteiger partial charge in [-0.25, -0.2) is 9.78 Å². The minimum Gasteiger partial charge on any atom is -0.487 e. The molecule has 0 aliphatic rings. The van der Waals surface area contributed by atoms with Gasteiger partial charge in [-0.1, -0.05) is 19.9 Å². The molecule has 21 heavy (non-hydrogen) atoms. The second kappa shape index (κ2) is 7.64. The van der Waals surface area contributed by atoms with Crippen LogP contribution in [0.2, 0.25) is 0 Å². The van der Waals surface area contributed by atoms with Crippen molar-refractivity contribution in [2.24, 2.45) is 5.92 Å². The van der Waals surface area contributed by atoms with Crippen LogP contribution in [0.1, 0.15) is 19.5 Å². The van der Waals surface area contributed by atoms with Gasteiger partial charge in [-0.05, 0) is 18.1 Å². The van der Waals surface area contributed by atoms with E-state index in [1.807, 2.05) is 37.4 Å². The van der Waals surface area contributed by atoms with Crippen LogP contribution in [-0.2, 0) is 6.61 Å². The number of rotatable bonds is 6. The van der Waals surface area contributed by atoms with Crippen LogP contribution >= 0.6 is 11.3 Å². The van der Waals surface area contributed by atoms with Crippen molar-refractivity contribution in [1.82, 2.24) is 10.3 Å². The Kier molecular flexibility index (Phi) is 5.57. The predicted octanol–water partition coefficient (Wildman–Crippen LogP) is 3.50. The first kappa shape index (κ1) is 15.3. The van der Waals surface area contributed by atoms with Crippen molar-refractivity contribution in [3.8, 4) is 5.75 Å². The number of urea groups is 1. The van der Waals surface area contributed by atoms with Gasteiger partial charge in [-0.2, -0.15) is 0 Å². The van der Waals surface area contributed by atoms with Crippen molar-refractivity contribution in [2.75, 3.05) is 11.9 Å². The van der Waals surface area contributed by atoms with E-state index >= 15 is 0 Å². The zero-order valence-electron chi connectivity index (χ0n) is 12.1. The molecule has 0 saturated heterocycles. The molecular formula is C15H19N3O2S. The van der Waals surface area contributed by atoms with Gasteiger partial charge in [0.15, 0.2) is 0 Å². The summed E-state index contributed by atoms with van der Waals surface area (Å²) in [7, 11) is 0. The van der Waals surface area contributed by atoms with Gasteiger partial charge in [0.2, 0.25) is 0 Å². The molecule has 0 saturated carbocycles. The molecule has 2 aromatic rings. The topological polar surface area (TPSA) is 63.2 Å². The maximum absolute atomic E-state index is 11.7. The minimum atomic E-state index is -0.208. The number of carbonyl (C=O) groups excluding carboxylic acids is 1. The zero-order chi connectivity index (χ0) is 15.1. The third-order valence-corrected chi connectivity index (χ3v) is 3.27. The number of hydrogen-bond donors (Lipinski definition) is 2. The largest absolute Gasteiger partial charge is 0.487 e. The normalized spacial score (nSPS) is 10.4. The van der Waals surface area contributed by atoms with E-state index in [9.17, 15) is 4.79 Å². The van der Waals surface area contributed by atoms with Gasteiger partial charge in [-0.3, -0.25) is 0 Å². The fraction of sp³-hybridized carbons (Fsp3) is 0.333. The Labute approximate surface area is 128 Å².